The predicted octanol–water partition coefficient (Wildman–Crippen LogP) is 2.04. The molecule has 2 aromatic rings. The van der Waals surface area contributed by atoms with Gasteiger partial charge in [0, 0.05) is 12.3 Å². The molecule has 1 aliphatic rings. The van der Waals surface area contributed by atoms with Crippen LogP contribution in [-0.2, 0) is 17.8 Å². The number of hydrogen-bond donors (Lipinski definition) is 3. The Kier molecular flexibility index (Phi) is 5.73. The van der Waals surface area contributed by atoms with Gasteiger partial charge < -0.3 is 24.9 Å². The summed E-state index contributed by atoms with van der Waals surface area (Å²) in [6, 6.07) is 10.9. The van der Waals surface area contributed by atoms with Crippen molar-refractivity contribution in [3.63, 3.8) is 0 Å². The van der Waals surface area contributed by atoms with E-state index in [9.17, 15) is 4.79 Å². The van der Waals surface area contributed by atoms with Gasteiger partial charge in [0.25, 0.3) is 5.91 Å². The molecule has 6 nitrogen and oxygen atoms in total. The number of benzene rings is 1. The van der Waals surface area contributed by atoms with Crippen LogP contribution in [0, 0.1) is 0 Å². The fraction of sp³-hybridized carbons (Fsp3) is 0.421. The Hall–Kier alpha value is -2.31. The lowest BCUT2D eigenvalue weighted by atomic mass is 10.1. The Balaban J connectivity index is 1.64. The van der Waals surface area contributed by atoms with E-state index in [1.165, 1.54) is 0 Å². The number of aliphatic hydroxyl groups excluding tert-OH is 1. The molecule has 2 heterocycles. The van der Waals surface area contributed by atoms with Gasteiger partial charge >= 0.3 is 0 Å². The third kappa shape index (κ3) is 4.41. The fourth-order valence-corrected chi connectivity index (χ4v) is 2.87. The molecule has 0 unspecified atom stereocenters. The largest absolute Gasteiger partial charge is 0.486 e. The van der Waals surface area contributed by atoms with Crippen LogP contribution in [0.25, 0.3) is 0 Å². The number of carbonyl (C=O) groups excluding carboxylic acids is 1. The van der Waals surface area contributed by atoms with E-state index in [-0.39, 0.29) is 24.7 Å². The van der Waals surface area contributed by atoms with E-state index in [0.717, 1.165) is 17.7 Å². The number of nitrogens with one attached hydrogen (secondary N) is 2. The molecule has 0 radical (unpaired) electrons. The Morgan fingerprint density at radius 3 is 2.80 bits per heavy atom. The molecule has 0 bridgehead atoms. The van der Waals surface area contributed by atoms with Gasteiger partial charge in [0.2, 0.25) is 0 Å². The highest BCUT2D eigenvalue weighted by Gasteiger charge is 2.29. The zero-order valence-electron chi connectivity index (χ0n) is 14.3. The third-order valence-corrected chi connectivity index (χ3v) is 4.39. The lowest BCUT2D eigenvalue weighted by molar-refractivity contribution is -0.0135. The quantitative estimate of drug-likeness (QED) is 0.749. The molecule has 0 spiro atoms. The monoisotopic (exact) mass is 344 g/mol. The molecule has 3 rings (SSSR count). The first kappa shape index (κ1) is 17.5. The highest BCUT2D eigenvalue weighted by Crippen LogP contribution is 2.19. The number of aromatic amines is 1. The molecule has 1 aromatic carbocycles. The Labute approximate surface area is 147 Å². The van der Waals surface area contributed by atoms with Crippen molar-refractivity contribution in [3.8, 4) is 5.75 Å². The minimum Gasteiger partial charge on any atom is -0.486 e. The smallest absolute Gasteiger partial charge is 0.268 e. The number of aromatic nitrogens is 1. The van der Waals surface area contributed by atoms with Crippen LogP contribution < -0.4 is 10.1 Å². The molecule has 25 heavy (non-hydrogen) atoms. The summed E-state index contributed by atoms with van der Waals surface area (Å²) in [5.41, 5.74) is 2.43. The van der Waals surface area contributed by atoms with E-state index in [0.29, 0.717) is 31.1 Å². The molecule has 3 N–H and O–H groups in total. The molecule has 6 heteroatoms. The van der Waals surface area contributed by atoms with E-state index in [1.807, 2.05) is 37.3 Å². The van der Waals surface area contributed by atoms with Crippen molar-refractivity contribution in [2.24, 2.45) is 0 Å². The van der Waals surface area contributed by atoms with Gasteiger partial charge in [-0.25, -0.2) is 0 Å². The van der Waals surface area contributed by atoms with Crippen molar-refractivity contribution < 1.29 is 19.4 Å². The summed E-state index contributed by atoms with van der Waals surface area (Å²) < 4.78 is 11.5. The van der Waals surface area contributed by atoms with Crippen molar-refractivity contribution in [2.75, 3.05) is 13.2 Å². The zero-order chi connectivity index (χ0) is 17.6. The lowest BCUT2D eigenvalue weighted by Crippen LogP contribution is -2.51. The minimum atomic E-state index is -0.252. The number of H-pyrrole nitrogens is 1. The van der Waals surface area contributed by atoms with Crippen LogP contribution in [0.15, 0.2) is 36.4 Å². The predicted molar refractivity (Wildman–Crippen MR) is 93.6 cm³/mol. The number of hydrogen-bond acceptors (Lipinski definition) is 4. The van der Waals surface area contributed by atoms with Gasteiger partial charge in [-0.15, -0.1) is 0 Å². The average Bonchev–Trinajstić information content (AvgIpc) is 3.13. The maximum atomic E-state index is 12.5. The maximum absolute atomic E-state index is 12.5. The molecule has 2 atom stereocenters. The van der Waals surface area contributed by atoms with Gasteiger partial charge in [-0.2, -0.15) is 0 Å². The Bertz CT molecular complexity index is 696. The summed E-state index contributed by atoms with van der Waals surface area (Å²) >= 11 is 0. The van der Waals surface area contributed by atoms with Gasteiger partial charge in [-0.05, 0) is 42.7 Å². The number of carbonyl (C=O) groups is 1. The van der Waals surface area contributed by atoms with Crippen LogP contribution in [0.5, 0.6) is 5.75 Å². The minimum absolute atomic E-state index is 0.00139. The molecule has 1 fully saturated rings. The Morgan fingerprint density at radius 1 is 1.32 bits per heavy atom. The van der Waals surface area contributed by atoms with Crippen LogP contribution in [0.4, 0.5) is 0 Å². The number of aryl methyl sites for hydroxylation is 1. The van der Waals surface area contributed by atoms with Crippen LogP contribution in [0.2, 0.25) is 0 Å². The van der Waals surface area contributed by atoms with Gasteiger partial charge in [0.15, 0.2) is 0 Å². The summed E-state index contributed by atoms with van der Waals surface area (Å²) in [5.74, 6) is 0.566. The first-order valence-corrected chi connectivity index (χ1v) is 8.62. The zero-order valence-corrected chi connectivity index (χ0v) is 14.3. The van der Waals surface area contributed by atoms with Gasteiger partial charge in [-0.3, -0.25) is 4.79 Å². The molecule has 1 amide bonds. The highest BCUT2D eigenvalue weighted by atomic mass is 16.5. The molecule has 0 saturated carbocycles. The van der Waals surface area contributed by atoms with Crippen LogP contribution in [-0.4, -0.2) is 41.4 Å². The second-order valence-corrected chi connectivity index (χ2v) is 6.15. The van der Waals surface area contributed by atoms with Crippen molar-refractivity contribution in [1.82, 2.24) is 10.3 Å². The highest BCUT2D eigenvalue weighted by molar-refractivity contribution is 5.92. The molecule has 1 aliphatic heterocycles. The fourth-order valence-electron chi connectivity index (χ4n) is 2.87. The van der Waals surface area contributed by atoms with Gasteiger partial charge in [0.1, 0.15) is 17.5 Å². The van der Waals surface area contributed by atoms with Crippen molar-refractivity contribution in [2.45, 2.75) is 38.5 Å². The number of amides is 1. The summed E-state index contributed by atoms with van der Waals surface area (Å²) in [7, 11) is 0. The summed E-state index contributed by atoms with van der Waals surface area (Å²) in [6.45, 7) is 3.07. The molecule has 134 valence electrons. The second-order valence-electron chi connectivity index (χ2n) is 6.15. The number of ether oxygens (including phenoxy) is 2. The van der Waals surface area contributed by atoms with Crippen molar-refractivity contribution in [3.05, 3.63) is 53.3 Å². The standard InChI is InChI=1S/C19H24N2O4/c1-2-14-5-8-17(20-14)19(23)21-16-9-10-24-12-18(16)25-15-6-3-13(11-22)4-7-15/h3-8,16,18,20,22H,2,9-12H2,1H3,(H,21,23)/t16-,18-/m1/s1. The van der Waals surface area contributed by atoms with Crippen molar-refractivity contribution >= 4 is 5.91 Å². The molecule has 1 aromatic heterocycles. The van der Waals surface area contributed by atoms with Crippen LogP contribution in [0.1, 0.15) is 35.1 Å². The van der Waals surface area contributed by atoms with Gasteiger partial charge in [-0.1, -0.05) is 19.1 Å². The second kappa shape index (κ2) is 8.18. The van der Waals surface area contributed by atoms with Crippen molar-refractivity contribution in [1.29, 1.82) is 0 Å². The van der Waals surface area contributed by atoms with Gasteiger partial charge in [0.05, 0.1) is 19.3 Å². The van der Waals surface area contributed by atoms with E-state index >= 15 is 0 Å². The third-order valence-electron chi connectivity index (χ3n) is 4.39. The Morgan fingerprint density at radius 2 is 2.12 bits per heavy atom. The van der Waals surface area contributed by atoms with E-state index < -0.39 is 0 Å². The lowest BCUT2D eigenvalue weighted by Gasteiger charge is -2.32. The number of aliphatic hydroxyl groups is 1. The molecule has 1 saturated heterocycles. The molecular weight excluding hydrogens is 320 g/mol. The van der Waals surface area contributed by atoms with Crippen LogP contribution >= 0.6 is 0 Å². The van der Waals surface area contributed by atoms with Crippen LogP contribution in [0.3, 0.4) is 0 Å². The number of rotatable bonds is 6. The normalized spacial score (nSPS) is 20.2. The summed E-state index contributed by atoms with van der Waals surface area (Å²) in [6.07, 6.45) is 1.31. The summed E-state index contributed by atoms with van der Waals surface area (Å²) in [4.78, 5) is 15.6. The van der Waals surface area contributed by atoms with E-state index in [1.54, 1.807) is 6.07 Å². The van der Waals surface area contributed by atoms with E-state index in [2.05, 4.69) is 10.3 Å². The SMILES string of the molecule is CCc1ccc(C(=O)N[C@@H]2CCOC[C@H]2Oc2ccc(CO)cc2)[nH]1. The summed E-state index contributed by atoms with van der Waals surface area (Å²) in [5, 5.41) is 12.2. The maximum Gasteiger partial charge on any atom is 0.268 e. The molecule has 0 aliphatic carbocycles. The first-order valence-electron chi connectivity index (χ1n) is 8.62. The van der Waals surface area contributed by atoms with E-state index in [4.69, 9.17) is 14.6 Å². The molecular formula is C19H24N2O4. The first-order chi connectivity index (χ1) is 12.2. The topological polar surface area (TPSA) is 83.6 Å². The average molecular weight is 344 g/mol.